The lowest BCUT2D eigenvalue weighted by Crippen LogP contribution is -2.36. The molecule has 0 amide bonds. The predicted molar refractivity (Wildman–Crippen MR) is 97.2 cm³/mol. The van der Waals surface area contributed by atoms with E-state index in [1.54, 1.807) is 0 Å². The molecule has 1 heterocycles. The second-order valence-electron chi connectivity index (χ2n) is 6.04. The van der Waals surface area contributed by atoms with E-state index in [1.807, 2.05) is 0 Å². The molecule has 0 radical (unpaired) electrons. The quantitative estimate of drug-likeness (QED) is 0.848. The first kappa shape index (κ1) is 15.6. The molecule has 2 aromatic rings. The Morgan fingerprint density at radius 3 is 2.32 bits per heavy atom. The van der Waals surface area contributed by atoms with Gasteiger partial charge >= 0.3 is 0 Å². The fourth-order valence-corrected chi connectivity index (χ4v) is 3.36. The Morgan fingerprint density at radius 1 is 0.955 bits per heavy atom. The average Bonchev–Trinajstić information content (AvgIpc) is 2.57. The van der Waals surface area contributed by atoms with Crippen molar-refractivity contribution in [3.05, 3.63) is 64.6 Å². The van der Waals surface area contributed by atoms with Crippen LogP contribution in [0.25, 0.3) is 0 Å². The Balaban J connectivity index is 1.76. The topological polar surface area (TPSA) is 15.3 Å². The summed E-state index contributed by atoms with van der Waals surface area (Å²) in [6.07, 6.45) is 2.56. The van der Waals surface area contributed by atoms with Crippen LogP contribution in [0.2, 0.25) is 0 Å². The second kappa shape index (κ2) is 7.80. The van der Waals surface area contributed by atoms with Crippen molar-refractivity contribution in [2.45, 2.75) is 19.4 Å². The molecule has 2 nitrogen and oxygen atoms in total. The van der Waals surface area contributed by atoms with E-state index < -0.39 is 0 Å². The van der Waals surface area contributed by atoms with Gasteiger partial charge < -0.3 is 10.2 Å². The van der Waals surface area contributed by atoms with Gasteiger partial charge in [0.05, 0.1) is 0 Å². The van der Waals surface area contributed by atoms with Crippen LogP contribution in [-0.2, 0) is 6.54 Å². The highest BCUT2D eigenvalue weighted by molar-refractivity contribution is 9.10. The molecule has 0 aromatic heterocycles. The van der Waals surface area contributed by atoms with Gasteiger partial charge in [0.2, 0.25) is 0 Å². The van der Waals surface area contributed by atoms with Crippen molar-refractivity contribution in [1.29, 1.82) is 0 Å². The molecule has 1 aliphatic rings. The minimum Gasteiger partial charge on any atom is -0.367 e. The van der Waals surface area contributed by atoms with E-state index in [-0.39, 0.29) is 0 Å². The fourth-order valence-electron chi connectivity index (χ4n) is 3.09. The van der Waals surface area contributed by atoms with Crippen LogP contribution in [0.4, 0.5) is 5.69 Å². The third-order valence-electron chi connectivity index (χ3n) is 4.35. The number of hydrogen-bond donors (Lipinski definition) is 1. The average molecular weight is 359 g/mol. The molecular weight excluding hydrogens is 336 g/mol. The standard InChI is InChI=1S/C19H23BrN2/c20-18-6-8-19(9-7-18)22(14-16-4-2-1-3-5-16)15-17-10-12-21-13-11-17/h1-9,17,21H,10-15H2. The lowest BCUT2D eigenvalue weighted by atomic mass is 9.97. The van der Waals surface area contributed by atoms with Crippen molar-refractivity contribution in [1.82, 2.24) is 5.32 Å². The largest absolute Gasteiger partial charge is 0.367 e. The molecule has 1 N–H and O–H groups in total. The van der Waals surface area contributed by atoms with E-state index in [0.29, 0.717) is 0 Å². The molecular formula is C19H23BrN2. The van der Waals surface area contributed by atoms with Gasteiger partial charge in [-0.05, 0) is 61.7 Å². The lowest BCUT2D eigenvalue weighted by molar-refractivity contribution is 0.373. The van der Waals surface area contributed by atoms with Gasteiger partial charge in [0.1, 0.15) is 0 Å². The van der Waals surface area contributed by atoms with Crippen molar-refractivity contribution in [3.8, 4) is 0 Å². The zero-order valence-electron chi connectivity index (χ0n) is 12.8. The van der Waals surface area contributed by atoms with Gasteiger partial charge in [-0.25, -0.2) is 0 Å². The van der Waals surface area contributed by atoms with Crippen LogP contribution in [0.3, 0.4) is 0 Å². The number of hydrogen-bond acceptors (Lipinski definition) is 2. The highest BCUT2D eigenvalue weighted by atomic mass is 79.9. The van der Waals surface area contributed by atoms with Gasteiger partial charge in [-0.1, -0.05) is 46.3 Å². The molecule has 3 rings (SSSR count). The molecule has 22 heavy (non-hydrogen) atoms. The van der Waals surface area contributed by atoms with Crippen molar-refractivity contribution in [2.75, 3.05) is 24.5 Å². The van der Waals surface area contributed by atoms with Crippen LogP contribution in [0.1, 0.15) is 18.4 Å². The minimum absolute atomic E-state index is 0.786. The Hall–Kier alpha value is -1.32. The predicted octanol–water partition coefficient (Wildman–Crippen LogP) is 4.46. The molecule has 0 aliphatic carbocycles. The van der Waals surface area contributed by atoms with Gasteiger partial charge in [0.25, 0.3) is 0 Å². The van der Waals surface area contributed by atoms with Gasteiger partial charge in [0, 0.05) is 23.2 Å². The van der Waals surface area contributed by atoms with E-state index in [0.717, 1.165) is 36.6 Å². The van der Waals surface area contributed by atoms with Gasteiger partial charge in [-0.3, -0.25) is 0 Å². The summed E-state index contributed by atoms with van der Waals surface area (Å²) in [4.78, 5) is 2.53. The number of piperidine rings is 1. The monoisotopic (exact) mass is 358 g/mol. The van der Waals surface area contributed by atoms with Crippen molar-refractivity contribution >= 4 is 21.6 Å². The van der Waals surface area contributed by atoms with Crippen LogP contribution in [0.15, 0.2) is 59.1 Å². The van der Waals surface area contributed by atoms with E-state index in [2.05, 4.69) is 80.7 Å². The van der Waals surface area contributed by atoms with E-state index in [4.69, 9.17) is 0 Å². The summed E-state index contributed by atoms with van der Waals surface area (Å²) in [5.41, 5.74) is 2.69. The summed E-state index contributed by atoms with van der Waals surface area (Å²) in [5.74, 6) is 0.786. The van der Waals surface area contributed by atoms with Crippen LogP contribution in [0.5, 0.6) is 0 Å². The van der Waals surface area contributed by atoms with E-state index >= 15 is 0 Å². The van der Waals surface area contributed by atoms with Gasteiger partial charge in [-0.2, -0.15) is 0 Å². The zero-order chi connectivity index (χ0) is 15.2. The highest BCUT2D eigenvalue weighted by Gasteiger charge is 2.17. The van der Waals surface area contributed by atoms with Gasteiger partial charge in [0.15, 0.2) is 0 Å². The Bertz CT molecular complexity index is 562. The van der Waals surface area contributed by atoms with Crippen LogP contribution in [-0.4, -0.2) is 19.6 Å². The molecule has 0 spiro atoms. The minimum atomic E-state index is 0.786. The third-order valence-corrected chi connectivity index (χ3v) is 4.87. The van der Waals surface area contributed by atoms with Gasteiger partial charge in [-0.15, -0.1) is 0 Å². The molecule has 0 atom stereocenters. The smallest absolute Gasteiger partial charge is 0.0429 e. The summed E-state index contributed by atoms with van der Waals surface area (Å²) >= 11 is 3.53. The highest BCUT2D eigenvalue weighted by Crippen LogP contribution is 2.24. The molecule has 0 unspecified atom stereocenters. The number of anilines is 1. The summed E-state index contributed by atoms with van der Waals surface area (Å²) in [7, 11) is 0. The third kappa shape index (κ3) is 4.34. The number of halogens is 1. The van der Waals surface area contributed by atoms with Crippen molar-refractivity contribution in [3.63, 3.8) is 0 Å². The number of nitrogens with zero attached hydrogens (tertiary/aromatic N) is 1. The maximum absolute atomic E-state index is 3.53. The summed E-state index contributed by atoms with van der Waals surface area (Å²) in [5, 5.41) is 3.46. The molecule has 0 saturated carbocycles. The Kier molecular flexibility index (Phi) is 5.52. The molecule has 2 aromatic carbocycles. The summed E-state index contributed by atoms with van der Waals surface area (Å²) in [6.45, 7) is 4.43. The normalized spacial score (nSPS) is 15.7. The number of rotatable bonds is 5. The maximum Gasteiger partial charge on any atom is 0.0429 e. The van der Waals surface area contributed by atoms with Crippen LogP contribution >= 0.6 is 15.9 Å². The Labute approximate surface area is 141 Å². The number of nitrogens with one attached hydrogen (secondary N) is 1. The maximum atomic E-state index is 3.53. The Morgan fingerprint density at radius 2 is 1.64 bits per heavy atom. The lowest BCUT2D eigenvalue weighted by Gasteiger charge is -2.32. The molecule has 0 bridgehead atoms. The van der Waals surface area contributed by atoms with Crippen molar-refractivity contribution in [2.24, 2.45) is 5.92 Å². The second-order valence-corrected chi connectivity index (χ2v) is 6.95. The molecule has 116 valence electrons. The number of benzene rings is 2. The van der Waals surface area contributed by atoms with Crippen molar-refractivity contribution < 1.29 is 0 Å². The molecule has 1 fully saturated rings. The van der Waals surface area contributed by atoms with Crippen LogP contribution < -0.4 is 10.2 Å². The molecule has 1 aliphatic heterocycles. The molecule has 1 saturated heterocycles. The first-order chi connectivity index (χ1) is 10.8. The van der Waals surface area contributed by atoms with E-state index in [9.17, 15) is 0 Å². The van der Waals surface area contributed by atoms with E-state index in [1.165, 1.54) is 24.1 Å². The first-order valence-corrected chi connectivity index (χ1v) is 8.86. The van der Waals surface area contributed by atoms with Crippen LogP contribution in [0, 0.1) is 5.92 Å². The first-order valence-electron chi connectivity index (χ1n) is 8.06. The fraction of sp³-hybridized carbons (Fsp3) is 0.368. The SMILES string of the molecule is Brc1ccc(N(Cc2ccccc2)CC2CCNCC2)cc1. The summed E-state index contributed by atoms with van der Waals surface area (Å²) in [6, 6.07) is 19.5. The summed E-state index contributed by atoms with van der Waals surface area (Å²) < 4.78 is 1.14. The molecule has 3 heteroatoms. The zero-order valence-corrected chi connectivity index (χ0v) is 14.4.